The molecule has 1 aromatic heterocycles. The smallest absolute Gasteiger partial charge is 0.276 e. The van der Waals surface area contributed by atoms with E-state index in [0.29, 0.717) is 34.2 Å². The third kappa shape index (κ3) is 3.46. The fraction of sp³-hybridized carbons (Fsp3) is 0.231. The first kappa shape index (κ1) is 15.2. The van der Waals surface area contributed by atoms with E-state index in [0.717, 1.165) is 0 Å². The average Bonchev–Trinajstić information content (AvgIpc) is 2.44. The molecule has 0 unspecified atom stereocenters. The van der Waals surface area contributed by atoms with Gasteiger partial charge in [-0.2, -0.15) is 4.98 Å². The van der Waals surface area contributed by atoms with Gasteiger partial charge in [-0.1, -0.05) is 6.07 Å². The van der Waals surface area contributed by atoms with Crippen LogP contribution in [0.15, 0.2) is 28.9 Å². The van der Waals surface area contributed by atoms with E-state index in [-0.39, 0.29) is 5.69 Å². The van der Waals surface area contributed by atoms with Gasteiger partial charge in [0.2, 0.25) is 11.8 Å². The molecule has 21 heavy (non-hydrogen) atoms. The zero-order valence-electron chi connectivity index (χ0n) is 11.5. The summed E-state index contributed by atoms with van der Waals surface area (Å²) in [5.74, 6) is 1.11. The summed E-state index contributed by atoms with van der Waals surface area (Å²) in [4.78, 5) is 18.8. The van der Waals surface area contributed by atoms with E-state index >= 15 is 0 Å². The van der Waals surface area contributed by atoms with Crippen LogP contribution in [0.1, 0.15) is 12.5 Å². The summed E-state index contributed by atoms with van der Waals surface area (Å²) in [5.41, 5.74) is 0.447. The average molecular weight is 353 g/mol. The standard InChI is InChI=1S/C13H13BrN4O3/c1-3-15-13-16-7-9(14)12(17-13)21-11-6-4-5-10(8(11)2)18(19)20/h4-7H,3H2,1-2H3,(H,15,16,17). The fourth-order valence-corrected chi connectivity index (χ4v) is 1.95. The first-order valence-corrected chi connectivity index (χ1v) is 7.00. The molecule has 0 spiro atoms. The van der Waals surface area contributed by atoms with Crippen LogP contribution in [0.25, 0.3) is 0 Å². The number of hydrogen-bond acceptors (Lipinski definition) is 6. The van der Waals surface area contributed by atoms with Crippen molar-refractivity contribution < 1.29 is 9.66 Å². The Hall–Kier alpha value is -2.22. The lowest BCUT2D eigenvalue weighted by Gasteiger charge is -2.10. The summed E-state index contributed by atoms with van der Waals surface area (Å²) < 4.78 is 6.24. The maximum atomic E-state index is 10.9. The lowest BCUT2D eigenvalue weighted by Crippen LogP contribution is -2.03. The Bertz CT molecular complexity index is 678. The summed E-state index contributed by atoms with van der Waals surface area (Å²) in [6.45, 7) is 4.24. The molecule has 0 atom stereocenters. The summed E-state index contributed by atoms with van der Waals surface area (Å²) in [7, 11) is 0. The van der Waals surface area contributed by atoms with E-state index < -0.39 is 4.92 Å². The first-order chi connectivity index (χ1) is 10.0. The molecule has 0 saturated heterocycles. The summed E-state index contributed by atoms with van der Waals surface area (Å²) in [5, 5.41) is 13.9. The van der Waals surface area contributed by atoms with E-state index in [4.69, 9.17) is 4.74 Å². The van der Waals surface area contributed by atoms with E-state index in [9.17, 15) is 10.1 Å². The Morgan fingerprint density at radius 3 is 2.90 bits per heavy atom. The second-order valence-electron chi connectivity index (χ2n) is 4.14. The van der Waals surface area contributed by atoms with Crippen LogP contribution in [0.3, 0.4) is 0 Å². The van der Waals surface area contributed by atoms with Crippen molar-refractivity contribution in [3.8, 4) is 11.6 Å². The normalized spacial score (nSPS) is 10.2. The number of nitro benzene ring substituents is 1. The molecular formula is C13H13BrN4O3. The third-order valence-corrected chi connectivity index (χ3v) is 3.25. The van der Waals surface area contributed by atoms with Gasteiger partial charge in [-0.3, -0.25) is 10.1 Å². The van der Waals surface area contributed by atoms with Gasteiger partial charge in [0.25, 0.3) is 5.69 Å². The molecule has 0 aliphatic rings. The van der Waals surface area contributed by atoms with Gasteiger partial charge in [0.15, 0.2) is 0 Å². The molecule has 0 amide bonds. The molecule has 0 radical (unpaired) electrons. The van der Waals surface area contributed by atoms with Crippen LogP contribution in [-0.2, 0) is 0 Å². The van der Waals surface area contributed by atoms with Crippen molar-refractivity contribution in [3.05, 3.63) is 44.5 Å². The SMILES string of the molecule is CCNc1ncc(Br)c(Oc2cccc([N+](=O)[O-])c2C)n1. The number of hydrogen-bond donors (Lipinski definition) is 1. The van der Waals surface area contributed by atoms with E-state index in [1.807, 2.05) is 6.92 Å². The number of nitrogens with one attached hydrogen (secondary N) is 1. The van der Waals surface area contributed by atoms with Crippen LogP contribution in [0, 0.1) is 17.0 Å². The van der Waals surface area contributed by atoms with Gasteiger partial charge in [0.1, 0.15) is 5.75 Å². The molecule has 0 aliphatic heterocycles. The highest BCUT2D eigenvalue weighted by atomic mass is 79.9. The predicted molar refractivity (Wildman–Crippen MR) is 81.8 cm³/mol. The van der Waals surface area contributed by atoms with Crippen LogP contribution in [0.4, 0.5) is 11.6 Å². The van der Waals surface area contributed by atoms with Gasteiger partial charge >= 0.3 is 0 Å². The molecule has 7 nitrogen and oxygen atoms in total. The molecule has 1 heterocycles. The maximum absolute atomic E-state index is 10.9. The molecule has 0 aliphatic carbocycles. The highest BCUT2D eigenvalue weighted by Gasteiger charge is 2.16. The van der Waals surface area contributed by atoms with Gasteiger partial charge in [0, 0.05) is 12.6 Å². The third-order valence-electron chi connectivity index (χ3n) is 2.71. The Balaban J connectivity index is 2.36. The molecule has 1 aromatic carbocycles. The largest absolute Gasteiger partial charge is 0.437 e. The van der Waals surface area contributed by atoms with Gasteiger partial charge in [-0.05, 0) is 35.8 Å². The number of nitro groups is 1. The number of anilines is 1. The number of aromatic nitrogens is 2. The topological polar surface area (TPSA) is 90.2 Å². The molecule has 0 bridgehead atoms. The van der Waals surface area contributed by atoms with Crippen molar-refractivity contribution in [2.45, 2.75) is 13.8 Å². The fourth-order valence-electron chi connectivity index (χ4n) is 1.68. The van der Waals surface area contributed by atoms with Crippen molar-refractivity contribution in [2.75, 3.05) is 11.9 Å². The molecule has 2 aromatic rings. The maximum Gasteiger partial charge on any atom is 0.276 e. The molecule has 8 heteroatoms. The number of benzene rings is 1. The zero-order chi connectivity index (χ0) is 15.4. The minimum Gasteiger partial charge on any atom is -0.437 e. The van der Waals surface area contributed by atoms with Crippen LogP contribution < -0.4 is 10.1 Å². The van der Waals surface area contributed by atoms with E-state index in [1.54, 1.807) is 25.3 Å². The van der Waals surface area contributed by atoms with Crippen LogP contribution >= 0.6 is 15.9 Å². The summed E-state index contributed by atoms with van der Waals surface area (Å²) in [6.07, 6.45) is 1.56. The lowest BCUT2D eigenvalue weighted by molar-refractivity contribution is -0.385. The van der Waals surface area contributed by atoms with Crippen molar-refractivity contribution in [1.82, 2.24) is 9.97 Å². The van der Waals surface area contributed by atoms with E-state index in [2.05, 4.69) is 31.2 Å². The summed E-state index contributed by atoms with van der Waals surface area (Å²) in [6, 6.07) is 4.66. The van der Waals surface area contributed by atoms with Crippen molar-refractivity contribution in [2.24, 2.45) is 0 Å². The Kier molecular flexibility index (Phi) is 4.69. The van der Waals surface area contributed by atoms with Gasteiger partial charge < -0.3 is 10.1 Å². The predicted octanol–water partition coefficient (Wildman–Crippen LogP) is 3.68. The molecular weight excluding hydrogens is 340 g/mol. The highest BCUT2D eigenvalue weighted by molar-refractivity contribution is 9.10. The van der Waals surface area contributed by atoms with Crippen LogP contribution in [-0.4, -0.2) is 21.4 Å². The minimum absolute atomic E-state index is 0.00425. The molecule has 0 fully saturated rings. The van der Waals surface area contributed by atoms with Crippen LogP contribution in [0.5, 0.6) is 11.6 Å². The number of ether oxygens (including phenoxy) is 1. The first-order valence-electron chi connectivity index (χ1n) is 6.21. The van der Waals surface area contributed by atoms with Crippen LogP contribution in [0.2, 0.25) is 0 Å². The minimum atomic E-state index is -0.443. The van der Waals surface area contributed by atoms with Crippen molar-refractivity contribution in [1.29, 1.82) is 0 Å². The van der Waals surface area contributed by atoms with Crippen molar-refractivity contribution in [3.63, 3.8) is 0 Å². The number of halogens is 1. The van der Waals surface area contributed by atoms with Gasteiger partial charge in [-0.15, -0.1) is 0 Å². The molecule has 0 saturated carbocycles. The lowest BCUT2D eigenvalue weighted by atomic mass is 10.2. The second-order valence-corrected chi connectivity index (χ2v) is 4.99. The Labute approximate surface area is 129 Å². The molecule has 2 rings (SSSR count). The summed E-state index contributed by atoms with van der Waals surface area (Å²) >= 11 is 3.30. The monoisotopic (exact) mass is 352 g/mol. The number of rotatable bonds is 5. The van der Waals surface area contributed by atoms with Gasteiger partial charge in [-0.25, -0.2) is 4.98 Å². The van der Waals surface area contributed by atoms with E-state index in [1.165, 1.54) is 6.07 Å². The molecule has 110 valence electrons. The Morgan fingerprint density at radius 2 is 2.24 bits per heavy atom. The second kappa shape index (κ2) is 6.49. The quantitative estimate of drug-likeness (QED) is 0.651. The molecule has 1 N–H and O–H groups in total. The highest BCUT2D eigenvalue weighted by Crippen LogP contribution is 2.33. The number of nitrogens with zero attached hydrogens (tertiary/aromatic N) is 3. The van der Waals surface area contributed by atoms with Crippen molar-refractivity contribution >= 4 is 27.6 Å². The zero-order valence-corrected chi connectivity index (χ0v) is 13.0. The van der Waals surface area contributed by atoms with Gasteiger partial charge in [0.05, 0.1) is 21.2 Å². The Morgan fingerprint density at radius 1 is 1.48 bits per heavy atom.